The van der Waals surface area contributed by atoms with Gasteiger partial charge in [-0.05, 0) is 0 Å². The van der Waals surface area contributed by atoms with Crippen LogP contribution >= 0.6 is 0 Å². The molecule has 1 N–H and O–H groups in total. The molecule has 2 aliphatic heterocycles. The van der Waals surface area contributed by atoms with E-state index >= 15 is 0 Å². The molecule has 0 bridgehead atoms. The molecule has 0 aliphatic carbocycles. The Labute approximate surface area is 145 Å². The number of ether oxygens (including phenoxy) is 1. The molecule has 2 aliphatic rings. The molecule has 0 saturated carbocycles. The maximum absolute atomic E-state index is 12.9. The van der Waals surface area contributed by atoms with Crippen LogP contribution in [-0.4, -0.2) is 43.2 Å². The van der Waals surface area contributed by atoms with Crippen molar-refractivity contribution in [2.24, 2.45) is 0 Å². The Morgan fingerprint density at radius 1 is 1.21 bits per heavy atom. The van der Waals surface area contributed by atoms with E-state index in [0.717, 1.165) is 22.7 Å². The first-order chi connectivity index (χ1) is 11.7. The quantitative estimate of drug-likeness (QED) is 0.803. The molecule has 24 heavy (non-hydrogen) atoms. The first kappa shape index (κ1) is 15.3. The first-order valence-corrected chi connectivity index (χ1v) is 10.2. The van der Waals surface area contributed by atoms with Crippen molar-refractivity contribution < 1.29 is 9.53 Å². The van der Waals surface area contributed by atoms with Crippen molar-refractivity contribution in [1.29, 1.82) is 0 Å². The minimum atomic E-state index is -0.271. The van der Waals surface area contributed by atoms with Gasteiger partial charge in [0.05, 0.1) is 0 Å². The molecule has 1 atom stereocenters. The van der Waals surface area contributed by atoms with Crippen LogP contribution in [0.25, 0.3) is 0 Å². The van der Waals surface area contributed by atoms with Gasteiger partial charge in [-0.3, -0.25) is 0 Å². The van der Waals surface area contributed by atoms with Crippen molar-refractivity contribution in [3.05, 3.63) is 64.1 Å². The molecule has 4 rings (SSSR count). The number of nitrogens with one attached hydrogen (secondary N) is 1. The van der Waals surface area contributed by atoms with Crippen molar-refractivity contribution >= 4 is 20.9 Å². The van der Waals surface area contributed by atoms with E-state index in [4.69, 9.17) is 4.74 Å². The molecule has 3 heterocycles. The number of rotatable bonds is 3. The van der Waals surface area contributed by atoms with E-state index in [1.807, 2.05) is 35.2 Å². The number of hydrogen-bond acceptors (Lipinski definition) is 4. The molecule has 0 spiro atoms. The number of pyridine rings is 1. The van der Waals surface area contributed by atoms with Crippen LogP contribution < -0.4 is 15.6 Å². The van der Waals surface area contributed by atoms with Gasteiger partial charge in [-0.25, -0.2) is 0 Å². The zero-order chi connectivity index (χ0) is 16.5. The van der Waals surface area contributed by atoms with Crippen LogP contribution in [0, 0.1) is 0 Å². The summed E-state index contributed by atoms with van der Waals surface area (Å²) >= 11 is 0.553. The Hall–Kier alpha value is -2.24. The Morgan fingerprint density at radius 3 is 2.88 bits per heavy atom. The summed E-state index contributed by atoms with van der Waals surface area (Å²) < 4.78 is 7.40. The number of nitrogens with zero attached hydrogens (tertiary/aromatic N) is 2. The van der Waals surface area contributed by atoms with E-state index < -0.39 is 0 Å². The molecule has 1 amide bonds. The molecule has 6 nitrogen and oxygen atoms in total. The van der Waals surface area contributed by atoms with E-state index in [9.17, 15) is 9.59 Å². The third-order valence-electron chi connectivity index (χ3n) is 4.16. The molecule has 0 radical (unpaired) electrons. The predicted molar refractivity (Wildman–Crippen MR) is 91.0 cm³/mol. The number of benzene rings is 1. The van der Waals surface area contributed by atoms with Gasteiger partial charge < -0.3 is 0 Å². The summed E-state index contributed by atoms with van der Waals surface area (Å²) in [5, 5.41) is 2.03. The standard InChI is InChI=1S/C17H17N3O3Se/c21-13-6-7-20-15(16(13)23-10-12-4-2-1-3-5-12)17(22)19-8-9-24-11-14(19)18-20/h1-7,14,18H,8-11H2/t14-/m0/s1. The summed E-state index contributed by atoms with van der Waals surface area (Å²) in [5.41, 5.74) is 4.29. The van der Waals surface area contributed by atoms with Gasteiger partial charge in [0.2, 0.25) is 0 Å². The van der Waals surface area contributed by atoms with Crippen LogP contribution in [0.1, 0.15) is 16.1 Å². The SMILES string of the molecule is O=C1c2c(OCc3ccccc3)c(=O)ccn2N[C@@H]2C[Se]CCN12. The molecule has 2 aromatic rings. The van der Waals surface area contributed by atoms with Gasteiger partial charge in [0, 0.05) is 0 Å². The topological polar surface area (TPSA) is 63.6 Å². The average molecular weight is 390 g/mol. The van der Waals surface area contributed by atoms with Crippen molar-refractivity contribution in [1.82, 2.24) is 9.58 Å². The zero-order valence-corrected chi connectivity index (χ0v) is 14.7. The van der Waals surface area contributed by atoms with Crippen molar-refractivity contribution in [2.45, 2.75) is 23.4 Å². The van der Waals surface area contributed by atoms with Gasteiger partial charge in [-0.1, -0.05) is 0 Å². The molecule has 0 unspecified atom stereocenters. The number of aromatic nitrogens is 1. The summed E-state index contributed by atoms with van der Waals surface area (Å²) in [4.78, 5) is 27.0. The van der Waals surface area contributed by atoms with Crippen LogP contribution in [0.4, 0.5) is 0 Å². The monoisotopic (exact) mass is 391 g/mol. The molecular formula is C17H17N3O3Se. The van der Waals surface area contributed by atoms with Crippen molar-refractivity contribution in [3.63, 3.8) is 0 Å². The summed E-state index contributed by atoms with van der Waals surface area (Å²) in [6, 6.07) is 11.0. The number of carbonyl (C=O) groups excluding carboxylic acids is 1. The number of fused-ring (bicyclic) bond motifs is 2. The van der Waals surface area contributed by atoms with Crippen molar-refractivity contribution in [2.75, 3.05) is 12.0 Å². The Morgan fingerprint density at radius 2 is 2.04 bits per heavy atom. The second-order valence-electron chi connectivity index (χ2n) is 5.72. The summed E-state index contributed by atoms with van der Waals surface area (Å²) in [5.74, 6) is -0.0107. The number of amides is 1. The van der Waals surface area contributed by atoms with Gasteiger partial charge in [0.25, 0.3) is 0 Å². The van der Waals surface area contributed by atoms with Gasteiger partial charge in [-0.2, -0.15) is 0 Å². The van der Waals surface area contributed by atoms with Crippen LogP contribution in [-0.2, 0) is 6.61 Å². The van der Waals surface area contributed by atoms with Crippen LogP contribution in [0.3, 0.4) is 0 Å². The average Bonchev–Trinajstić information content (AvgIpc) is 2.62. The summed E-state index contributed by atoms with van der Waals surface area (Å²) in [6.07, 6.45) is 1.63. The Balaban J connectivity index is 1.68. The molecule has 1 saturated heterocycles. The Kier molecular flexibility index (Phi) is 4.04. The minimum absolute atomic E-state index is 0.0169. The summed E-state index contributed by atoms with van der Waals surface area (Å²) in [7, 11) is 0. The van der Waals surface area contributed by atoms with Gasteiger partial charge in [0.15, 0.2) is 0 Å². The molecule has 124 valence electrons. The zero-order valence-electron chi connectivity index (χ0n) is 13.0. The third-order valence-corrected chi connectivity index (χ3v) is 6.31. The van der Waals surface area contributed by atoms with Crippen LogP contribution in [0.5, 0.6) is 5.75 Å². The number of hydrogen-bond donors (Lipinski definition) is 1. The maximum atomic E-state index is 12.9. The fraction of sp³-hybridized carbons (Fsp3) is 0.294. The van der Waals surface area contributed by atoms with Gasteiger partial charge in [0.1, 0.15) is 0 Å². The van der Waals surface area contributed by atoms with E-state index in [-0.39, 0.29) is 29.9 Å². The fourth-order valence-electron chi connectivity index (χ4n) is 2.95. The van der Waals surface area contributed by atoms with Crippen LogP contribution in [0.2, 0.25) is 10.6 Å². The molecule has 1 aromatic heterocycles. The third kappa shape index (κ3) is 2.70. The molecular weight excluding hydrogens is 373 g/mol. The van der Waals surface area contributed by atoms with Gasteiger partial charge in [-0.15, -0.1) is 0 Å². The second-order valence-corrected chi connectivity index (χ2v) is 8.13. The fourth-order valence-corrected chi connectivity index (χ4v) is 4.98. The van der Waals surface area contributed by atoms with E-state index in [0.29, 0.717) is 20.7 Å². The molecule has 7 heteroatoms. The Bertz CT molecular complexity index is 822. The second kappa shape index (κ2) is 6.34. The van der Waals surface area contributed by atoms with E-state index in [1.165, 1.54) is 6.07 Å². The van der Waals surface area contributed by atoms with Gasteiger partial charge >= 0.3 is 145 Å². The van der Waals surface area contributed by atoms with E-state index in [1.54, 1.807) is 10.9 Å². The molecule has 1 aromatic carbocycles. The summed E-state index contributed by atoms with van der Waals surface area (Å²) in [6.45, 7) is 0.991. The van der Waals surface area contributed by atoms with Crippen LogP contribution in [0.15, 0.2) is 47.4 Å². The normalized spacial score (nSPS) is 19.2. The first-order valence-electron chi connectivity index (χ1n) is 7.82. The number of carbonyl (C=O) groups is 1. The van der Waals surface area contributed by atoms with E-state index in [2.05, 4.69) is 5.43 Å². The predicted octanol–water partition coefficient (Wildman–Crippen LogP) is 1.31. The molecule has 1 fully saturated rings. The van der Waals surface area contributed by atoms with Crippen molar-refractivity contribution in [3.8, 4) is 5.75 Å².